The van der Waals surface area contributed by atoms with Crippen molar-refractivity contribution in [3.63, 3.8) is 0 Å². The van der Waals surface area contributed by atoms with Crippen LogP contribution in [0.4, 0.5) is 0 Å². The molecule has 2 heterocycles. The van der Waals surface area contributed by atoms with Crippen LogP contribution in [-0.2, 0) is 15.3 Å². The molecular weight excluding hydrogens is 336 g/mol. The molecule has 0 bridgehead atoms. The van der Waals surface area contributed by atoms with E-state index in [1.165, 1.54) is 10.5 Å². The van der Waals surface area contributed by atoms with Crippen molar-refractivity contribution in [3.8, 4) is 0 Å². The molecule has 2 saturated heterocycles. The highest BCUT2D eigenvalue weighted by Gasteiger charge is 2.37. The van der Waals surface area contributed by atoms with Crippen molar-refractivity contribution in [1.82, 2.24) is 4.90 Å². The summed E-state index contributed by atoms with van der Waals surface area (Å²) in [6.07, 6.45) is 0.764. The SMILES string of the molecule is CC(C)(C)c1ccc(C(=O)N2CC[NH+]([C@@H]3CCS(=O)(=O)C3)CC2)cc1. The van der Waals surface area contributed by atoms with E-state index in [0.29, 0.717) is 24.6 Å². The van der Waals surface area contributed by atoms with Crippen LogP contribution < -0.4 is 4.90 Å². The number of hydrogen-bond acceptors (Lipinski definition) is 3. The molecule has 0 spiro atoms. The lowest BCUT2D eigenvalue weighted by atomic mass is 9.86. The summed E-state index contributed by atoms with van der Waals surface area (Å²) in [6.45, 7) is 9.56. The number of piperazine rings is 1. The summed E-state index contributed by atoms with van der Waals surface area (Å²) in [7, 11) is -2.84. The van der Waals surface area contributed by atoms with Gasteiger partial charge in [0.1, 0.15) is 11.8 Å². The van der Waals surface area contributed by atoms with Gasteiger partial charge >= 0.3 is 0 Å². The van der Waals surface area contributed by atoms with E-state index in [4.69, 9.17) is 0 Å². The minimum absolute atomic E-state index is 0.0815. The highest BCUT2D eigenvalue weighted by atomic mass is 32.2. The van der Waals surface area contributed by atoms with Gasteiger partial charge in [-0.2, -0.15) is 0 Å². The molecule has 0 saturated carbocycles. The van der Waals surface area contributed by atoms with Gasteiger partial charge in [0.25, 0.3) is 5.91 Å². The molecular formula is C19H29N2O3S+. The Labute approximate surface area is 150 Å². The zero-order valence-corrected chi connectivity index (χ0v) is 16.2. The summed E-state index contributed by atoms with van der Waals surface area (Å²) in [5, 5.41) is 0. The number of hydrogen-bond donors (Lipinski definition) is 1. The number of benzene rings is 1. The predicted molar refractivity (Wildman–Crippen MR) is 98.8 cm³/mol. The Hall–Kier alpha value is -1.40. The summed E-state index contributed by atoms with van der Waals surface area (Å²) in [5.41, 5.74) is 2.04. The second-order valence-corrected chi connectivity index (χ2v) is 10.6. The lowest BCUT2D eigenvalue weighted by Gasteiger charge is -2.35. The van der Waals surface area contributed by atoms with E-state index in [-0.39, 0.29) is 17.4 Å². The van der Waals surface area contributed by atoms with Crippen molar-refractivity contribution in [2.45, 2.75) is 38.6 Å². The minimum Gasteiger partial charge on any atom is -0.329 e. The first kappa shape index (κ1) is 18.4. The van der Waals surface area contributed by atoms with E-state index in [2.05, 4.69) is 20.8 Å². The maximum absolute atomic E-state index is 12.7. The molecule has 6 heteroatoms. The molecule has 1 amide bonds. The Kier molecular flexibility index (Phi) is 4.95. The summed E-state index contributed by atoms with van der Waals surface area (Å²) < 4.78 is 23.3. The summed E-state index contributed by atoms with van der Waals surface area (Å²) >= 11 is 0. The first-order valence-corrected chi connectivity index (χ1v) is 10.9. The molecule has 1 N–H and O–H groups in total. The Morgan fingerprint density at radius 3 is 2.20 bits per heavy atom. The monoisotopic (exact) mass is 365 g/mol. The Bertz CT molecular complexity index is 727. The largest absolute Gasteiger partial charge is 0.329 e. The van der Waals surface area contributed by atoms with Gasteiger partial charge in [-0.1, -0.05) is 32.9 Å². The van der Waals surface area contributed by atoms with E-state index in [9.17, 15) is 13.2 Å². The standard InChI is InChI=1S/C19H28N2O3S/c1-19(2,3)16-6-4-15(5-7-16)18(22)21-11-9-20(10-12-21)17-8-13-25(23,24)14-17/h4-7,17H,8-14H2,1-3H3/p+1/t17-/m1/s1. The molecule has 0 radical (unpaired) electrons. The van der Waals surface area contributed by atoms with E-state index in [1.807, 2.05) is 29.2 Å². The van der Waals surface area contributed by atoms with E-state index >= 15 is 0 Å². The van der Waals surface area contributed by atoms with Crippen molar-refractivity contribution in [2.75, 3.05) is 37.7 Å². The molecule has 1 aromatic rings. The van der Waals surface area contributed by atoms with Crippen molar-refractivity contribution >= 4 is 15.7 Å². The van der Waals surface area contributed by atoms with Gasteiger partial charge < -0.3 is 9.80 Å². The Morgan fingerprint density at radius 2 is 1.72 bits per heavy atom. The fourth-order valence-electron chi connectivity index (χ4n) is 3.82. The fraction of sp³-hybridized carbons (Fsp3) is 0.632. The molecule has 0 unspecified atom stereocenters. The van der Waals surface area contributed by atoms with Gasteiger partial charge in [-0.15, -0.1) is 0 Å². The van der Waals surface area contributed by atoms with E-state index in [0.717, 1.165) is 25.1 Å². The van der Waals surface area contributed by atoms with Gasteiger partial charge in [-0.25, -0.2) is 8.42 Å². The molecule has 3 rings (SSSR count). The van der Waals surface area contributed by atoms with Crippen LogP contribution in [0.25, 0.3) is 0 Å². The van der Waals surface area contributed by atoms with Crippen LogP contribution >= 0.6 is 0 Å². The quantitative estimate of drug-likeness (QED) is 0.831. The van der Waals surface area contributed by atoms with Crippen LogP contribution in [-0.4, -0.2) is 63.0 Å². The lowest BCUT2D eigenvalue weighted by Crippen LogP contribution is -3.18. The molecule has 0 aromatic heterocycles. The first-order valence-electron chi connectivity index (χ1n) is 9.10. The van der Waals surface area contributed by atoms with Crippen LogP contribution in [0.2, 0.25) is 0 Å². The number of amides is 1. The molecule has 138 valence electrons. The van der Waals surface area contributed by atoms with Gasteiger partial charge in [-0.05, 0) is 23.1 Å². The minimum atomic E-state index is -2.84. The molecule has 2 aliphatic rings. The Morgan fingerprint density at radius 1 is 1.12 bits per heavy atom. The zero-order valence-electron chi connectivity index (χ0n) is 15.4. The van der Waals surface area contributed by atoms with Crippen LogP contribution in [0.15, 0.2) is 24.3 Å². The molecule has 1 atom stereocenters. The van der Waals surface area contributed by atoms with Crippen molar-refractivity contribution in [3.05, 3.63) is 35.4 Å². The maximum Gasteiger partial charge on any atom is 0.254 e. The predicted octanol–water partition coefficient (Wildman–Crippen LogP) is 0.512. The van der Waals surface area contributed by atoms with Crippen LogP contribution in [0.3, 0.4) is 0 Å². The van der Waals surface area contributed by atoms with Crippen LogP contribution in [0.1, 0.15) is 43.1 Å². The summed E-state index contributed by atoms with van der Waals surface area (Å²) in [4.78, 5) is 16.0. The summed E-state index contributed by atoms with van der Waals surface area (Å²) in [5.74, 6) is 0.715. The molecule has 2 fully saturated rings. The van der Waals surface area contributed by atoms with E-state index < -0.39 is 9.84 Å². The maximum atomic E-state index is 12.7. The van der Waals surface area contributed by atoms with Gasteiger partial charge in [0.15, 0.2) is 9.84 Å². The van der Waals surface area contributed by atoms with E-state index in [1.54, 1.807) is 0 Å². The van der Waals surface area contributed by atoms with Gasteiger partial charge in [0.05, 0.1) is 31.9 Å². The Balaban J connectivity index is 1.58. The third kappa shape index (κ3) is 4.23. The second-order valence-electron chi connectivity index (χ2n) is 8.38. The lowest BCUT2D eigenvalue weighted by molar-refractivity contribution is -0.925. The summed E-state index contributed by atoms with van der Waals surface area (Å²) in [6, 6.07) is 8.14. The average molecular weight is 366 g/mol. The van der Waals surface area contributed by atoms with Gasteiger partial charge in [0.2, 0.25) is 0 Å². The normalized spacial score (nSPS) is 24.4. The van der Waals surface area contributed by atoms with Gasteiger partial charge in [-0.3, -0.25) is 4.79 Å². The highest BCUT2D eigenvalue weighted by molar-refractivity contribution is 7.91. The highest BCUT2D eigenvalue weighted by Crippen LogP contribution is 2.22. The molecule has 25 heavy (non-hydrogen) atoms. The topological polar surface area (TPSA) is 58.9 Å². The molecule has 0 aliphatic carbocycles. The van der Waals surface area contributed by atoms with Crippen molar-refractivity contribution < 1.29 is 18.1 Å². The molecule has 5 nitrogen and oxygen atoms in total. The molecule has 2 aliphatic heterocycles. The zero-order chi connectivity index (χ0) is 18.2. The van der Waals surface area contributed by atoms with Crippen LogP contribution in [0.5, 0.6) is 0 Å². The number of carbonyl (C=O) groups is 1. The fourth-order valence-corrected chi connectivity index (χ4v) is 5.64. The average Bonchev–Trinajstić information content (AvgIpc) is 2.94. The number of nitrogens with zero attached hydrogens (tertiary/aromatic N) is 1. The number of quaternary nitrogens is 1. The number of nitrogens with one attached hydrogen (secondary N) is 1. The van der Waals surface area contributed by atoms with Crippen LogP contribution in [0, 0.1) is 0 Å². The number of sulfone groups is 1. The van der Waals surface area contributed by atoms with Gasteiger partial charge in [0, 0.05) is 12.0 Å². The first-order chi connectivity index (χ1) is 11.7. The second kappa shape index (κ2) is 6.72. The number of carbonyl (C=O) groups excluding carboxylic acids is 1. The number of rotatable bonds is 2. The smallest absolute Gasteiger partial charge is 0.254 e. The van der Waals surface area contributed by atoms with Crippen molar-refractivity contribution in [2.24, 2.45) is 0 Å². The van der Waals surface area contributed by atoms with Crippen molar-refractivity contribution in [1.29, 1.82) is 0 Å². The third-order valence-corrected chi connectivity index (χ3v) is 7.27. The third-order valence-electron chi connectivity index (χ3n) is 5.50. The molecule has 1 aromatic carbocycles.